The molecule has 0 spiro atoms. The molecule has 0 bridgehead atoms. The molecule has 0 fully saturated rings. The number of imidazole rings is 1. The first-order valence-corrected chi connectivity index (χ1v) is 9.72. The molecule has 0 radical (unpaired) electrons. The Balaban J connectivity index is 2.19. The first kappa shape index (κ1) is 19.8. The first-order chi connectivity index (χ1) is 12.1. The van der Waals surface area contributed by atoms with Crippen molar-refractivity contribution >= 4 is 23.2 Å². The summed E-state index contributed by atoms with van der Waals surface area (Å²) in [7, 11) is 0. The summed E-state index contributed by atoms with van der Waals surface area (Å²) in [6, 6.07) is 7.95. The van der Waals surface area contributed by atoms with Crippen LogP contribution in [0.2, 0.25) is 10.0 Å². The zero-order chi connectivity index (χ0) is 18.1. The van der Waals surface area contributed by atoms with Crippen LogP contribution in [-0.4, -0.2) is 9.97 Å². The molecule has 0 aliphatic rings. The summed E-state index contributed by atoms with van der Waals surface area (Å²) in [4.78, 5) is 7.43. The zero-order valence-electron chi connectivity index (χ0n) is 14.7. The van der Waals surface area contributed by atoms with Gasteiger partial charge in [0.25, 0.3) is 0 Å². The van der Waals surface area contributed by atoms with Crippen molar-refractivity contribution in [2.75, 3.05) is 0 Å². The fourth-order valence-electron chi connectivity index (χ4n) is 3.24. The Morgan fingerprint density at radius 3 is 2.56 bits per heavy atom. The number of rotatable bonds is 10. The molecule has 0 saturated heterocycles. The number of hydrogen-bond donors (Lipinski definition) is 1. The number of hydrogen-bond acceptors (Lipinski definition) is 2. The van der Waals surface area contributed by atoms with Gasteiger partial charge < -0.3 is 4.98 Å². The highest BCUT2D eigenvalue weighted by Gasteiger charge is 2.35. The Hall–Kier alpha value is -1.50. The molecule has 25 heavy (non-hydrogen) atoms. The van der Waals surface area contributed by atoms with Gasteiger partial charge in [-0.15, -0.1) is 0 Å². The van der Waals surface area contributed by atoms with Gasteiger partial charge in [-0.2, -0.15) is 5.26 Å². The first-order valence-electron chi connectivity index (χ1n) is 8.96. The lowest BCUT2D eigenvalue weighted by atomic mass is 9.74. The van der Waals surface area contributed by atoms with Gasteiger partial charge in [0, 0.05) is 28.9 Å². The summed E-state index contributed by atoms with van der Waals surface area (Å²) < 4.78 is 0. The number of H-pyrrole nitrogens is 1. The summed E-state index contributed by atoms with van der Waals surface area (Å²) in [6.07, 6.45) is 11.9. The van der Waals surface area contributed by atoms with Crippen LogP contribution in [0.4, 0.5) is 0 Å². The van der Waals surface area contributed by atoms with E-state index in [0.29, 0.717) is 16.5 Å². The van der Waals surface area contributed by atoms with Gasteiger partial charge in [-0.3, -0.25) is 0 Å². The zero-order valence-corrected chi connectivity index (χ0v) is 16.2. The average molecular weight is 378 g/mol. The van der Waals surface area contributed by atoms with E-state index in [-0.39, 0.29) is 0 Å². The molecule has 1 unspecified atom stereocenters. The maximum atomic E-state index is 10.1. The molecule has 0 aliphatic carbocycles. The van der Waals surface area contributed by atoms with E-state index in [4.69, 9.17) is 23.2 Å². The van der Waals surface area contributed by atoms with Gasteiger partial charge in [0.1, 0.15) is 5.82 Å². The molecule has 5 heteroatoms. The summed E-state index contributed by atoms with van der Waals surface area (Å²) in [5, 5.41) is 11.2. The lowest BCUT2D eigenvalue weighted by Gasteiger charge is -2.27. The number of benzene rings is 1. The third-order valence-electron chi connectivity index (χ3n) is 4.64. The van der Waals surface area contributed by atoms with Crippen molar-refractivity contribution in [3.8, 4) is 6.07 Å². The van der Waals surface area contributed by atoms with E-state index >= 15 is 0 Å². The smallest absolute Gasteiger partial charge is 0.107 e. The van der Waals surface area contributed by atoms with E-state index in [0.717, 1.165) is 30.7 Å². The summed E-state index contributed by atoms with van der Waals surface area (Å²) in [5.74, 6) is 0.804. The molecular weight excluding hydrogens is 353 g/mol. The Morgan fingerprint density at radius 2 is 1.92 bits per heavy atom. The predicted molar refractivity (Wildman–Crippen MR) is 104 cm³/mol. The molecule has 3 nitrogen and oxygen atoms in total. The fourth-order valence-corrected chi connectivity index (χ4v) is 3.83. The largest absolute Gasteiger partial charge is 0.349 e. The van der Waals surface area contributed by atoms with Crippen molar-refractivity contribution in [2.24, 2.45) is 0 Å². The SMILES string of the molecule is CCCCCCCCC(C#N)(Cc1ncc[nH]1)c1ccc(Cl)cc1Cl. The highest BCUT2D eigenvalue weighted by molar-refractivity contribution is 6.35. The number of aromatic nitrogens is 2. The fraction of sp³-hybridized carbons (Fsp3) is 0.500. The van der Waals surface area contributed by atoms with Crippen molar-refractivity contribution in [2.45, 2.75) is 63.7 Å². The van der Waals surface area contributed by atoms with Gasteiger partial charge in [-0.1, -0.05) is 74.7 Å². The molecule has 0 saturated carbocycles. The topological polar surface area (TPSA) is 52.5 Å². The predicted octanol–water partition coefficient (Wildman–Crippen LogP) is 6.47. The second kappa shape index (κ2) is 9.85. The summed E-state index contributed by atoms with van der Waals surface area (Å²) in [5.41, 5.74) is 0.149. The third-order valence-corrected chi connectivity index (χ3v) is 5.19. The van der Waals surface area contributed by atoms with Crippen molar-refractivity contribution in [3.63, 3.8) is 0 Å². The Bertz CT molecular complexity index is 691. The molecule has 1 heterocycles. The highest BCUT2D eigenvalue weighted by Crippen LogP contribution is 2.38. The minimum atomic E-state index is -0.690. The van der Waals surface area contributed by atoms with E-state index in [1.807, 2.05) is 6.07 Å². The van der Waals surface area contributed by atoms with Gasteiger partial charge >= 0.3 is 0 Å². The monoisotopic (exact) mass is 377 g/mol. The van der Waals surface area contributed by atoms with Gasteiger partial charge in [0.15, 0.2) is 0 Å². The summed E-state index contributed by atoms with van der Waals surface area (Å²) >= 11 is 12.5. The van der Waals surface area contributed by atoms with Crippen LogP contribution < -0.4 is 0 Å². The molecule has 2 aromatic rings. The second-order valence-corrected chi connectivity index (χ2v) is 7.39. The van der Waals surface area contributed by atoms with Crippen LogP contribution in [0.5, 0.6) is 0 Å². The molecule has 1 aromatic carbocycles. The Kier molecular flexibility index (Phi) is 7.81. The normalized spacial score (nSPS) is 13.4. The number of nitrogens with one attached hydrogen (secondary N) is 1. The third kappa shape index (κ3) is 5.49. The van der Waals surface area contributed by atoms with E-state index in [9.17, 15) is 5.26 Å². The second-order valence-electron chi connectivity index (χ2n) is 6.55. The summed E-state index contributed by atoms with van der Waals surface area (Å²) in [6.45, 7) is 2.21. The maximum absolute atomic E-state index is 10.1. The van der Waals surface area contributed by atoms with E-state index in [1.165, 1.54) is 25.7 Å². The lowest BCUT2D eigenvalue weighted by molar-refractivity contribution is 0.452. The van der Waals surface area contributed by atoms with E-state index in [2.05, 4.69) is 23.0 Å². The molecule has 134 valence electrons. The molecule has 1 aromatic heterocycles. The van der Waals surface area contributed by atoms with Crippen LogP contribution in [0.15, 0.2) is 30.6 Å². The van der Waals surface area contributed by atoms with Gasteiger partial charge in [0.2, 0.25) is 0 Å². The minimum Gasteiger partial charge on any atom is -0.349 e. The van der Waals surface area contributed by atoms with Crippen LogP contribution in [0.1, 0.15) is 63.3 Å². The lowest BCUT2D eigenvalue weighted by Crippen LogP contribution is -2.28. The van der Waals surface area contributed by atoms with Crippen molar-refractivity contribution in [1.29, 1.82) is 5.26 Å². The number of unbranched alkanes of at least 4 members (excludes halogenated alkanes) is 5. The Morgan fingerprint density at radius 1 is 1.16 bits per heavy atom. The van der Waals surface area contributed by atoms with Crippen LogP contribution in [0.3, 0.4) is 0 Å². The van der Waals surface area contributed by atoms with Crippen molar-refractivity contribution < 1.29 is 0 Å². The standard InChI is InChI=1S/C20H25Cl2N3/c1-2-3-4-5-6-7-10-20(15-23,14-19-24-11-12-25-19)17-9-8-16(21)13-18(17)22/h8-9,11-13H,2-7,10,14H2,1H3,(H,24,25). The van der Waals surface area contributed by atoms with Gasteiger partial charge in [-0.05, 0) is 24.1 Å². The highest BCUT2D eigenvalue weighted by atomic mass is 35.5. The molecule has 0 aliphatic heterocycles. The number of nitrogens with zero attached hydrogens (tertiary/aromatic N) is 2. The van der Waals surface area contributed by atoms with Crippen LogP contribution in [0, 0.1) is 11.3 Å². The average Bonchev–Trinajstić information content (AvgIpc) is 3.10. The molecule has 0 amide bonds. The molecule has 2 rings (SSSR count). The van der Waals surface area contributed by atoms with Gasteiger partial charge in [-0.25, -0.2) is 4.98 Å². The minimum absolute atomic E-state index is 0.521. The number of aromatic amines is 1. The molecule has 1 atom stereocenters. The van der Waals surface area contributed by atoms with Gasteiger partial charge in [0.05, 0.1) is 11.5 Å². The van der Waals surface area contributed by atoms with E-state index < -0.39 is 5.41 Å². The molecular formula is C20H25Cl2N3. The molecule has 1 N–H and O–H groups in total. The van der Waals surface area contributed by atoms with Crippen LogP contribution in [-0.2, 0) is 11.8 Å². The quantitative estimate of drug-likeness (QED) is 0.482. The van der Waals surface area contributed by atoms with E-state index in [1.54, 1.807) is 24.5 Å². The van der Waals surface area contributed by atoms with Crippen molar-refractivity contribution in [3.05, 3.63) is 52.0 Å². The van der Waals surface area contributed by atoms with Crippen molar-refractivity contribution in [1.82, 2.24) is 9.97 Å². The number of halogens is 2. The Labute approximate surface area is 160 Å². The van der Waals surface area contributed by atoms with Crippen LogP contribution >= 0.6 is 23.2 Å². The maximum Gasteiger partial charge on any atom is 0.107 e. The number of nitriles is 1. The van der Waals surface area contributed by atoms with Crippen LogP contribution in [0.25, 0.3) is 0 Å².